The highest BCUT2D eigenvalue weighted by Crippen LogP contribution is 2.36. The molecule has 3 rings (SSSR count). The number of amides is 1. The van der Waals surface area contributed by atoms with Crippen molar-refractivity contribution < 1.29 is 18.0 Å². The average molecular weight is 473 g/mol. The van der Waals surface area contributed by atoms with E-state index in [1.165, 1.54) is 38.7 Å². The number of hydrogen-bond acceptors (Lipinski definition) is 3. The van der Waals surface area contributed by atoms with Crippen LogP contribution in [0, 0.1) is 6.92 Å². The predicted octanol–water partition coefficient (Wildman–Crippen LogP) is 5.16. The van der Waals surface area contributed by atoms with Crippen LogP contribution in [0.5, 0.6) is 0 Å². The van der Waals surface area contributed by atoms with Crippen molar-refractivity contribution in [2.45, 2.75) is 51.9 Å². The molecule has 0 aliphatic carbocycles. The molecule has 1 aromatic carbocycles. The molecule has 1 unspecified atom stereocenters. The van der Waals surface area contributed by atoms with E-state index in [-0.39, 0.29) is 10.2 Å². The SMILES string of the molecule is Cc1c(Br)c(C(F)(F)F)nn1C(C)C(=O)Nc1ccc(CN2CCCCC2)cc1. The molecule has 1 aromatic heterocycles. The number of anilines is 1. The zero-order valence-electron chi connectivity index (χ0n) is 16.4. The van der Waals surface area contributed by atoms with Crippen molar-refractivity contribution in [2.75, 3.05) is 18.4 Å². The largest absolute Gasteiger partial charge is 0.436 e. The van der Waals surface area contributed by atoms with Crippen molar-refractivity contribution >= 4 is 27.5 Å². The smallest absolute Gasteiger partial charge is 0.324 e. The number of hydrogen-bond donors (Lipinski definition) is 1. The molecule has 0 spiro atoms. The van der Waals surface area contributed by atoms with Gasteiger partial charge in [0.2, 0.25) is 5.91 Å². The Labute approximate surface area is 176 Å². The Morgan fingerprint density at radius 3 is 2.38 bits per heavy atom. The number of rotatable bonds is 5. The quantitative estimate of drug-likeness (QED) is 0.653. The summed E-state index contributed by atoms with van der Waals surface area (Å²) in [5.41, 5.74) is 0.984. The van der Waals surface area contributed by atoms with E-state index in [0.717, 1.165) is 24.3 Å². The first kappa shape index (κ1) is 21.8. The maximum atomic E-state index is 13.0. The van der Waals surface area contributed by atoms with Crippen LogP contribution in [0.15, 0.2) is 28.7 Å². The first-order chi connectivity index (χ1) is 13.7. The summed E-state index contributed by atoms with van der Waals surface area (Å²) in [6, 6.07) is 6.67. The van der Waals surface area contributed by atoms with E-state index in [9.17, 15) is 18.0 Å². The minimum absolute atomic E-state index is 0.147. The van der Waals surface area contributed by atoms with Crippen molar-refractivity contribution in [1.29, 1.82) is 0 Å². The number of halogens is 4. The summed E-state index contributed by atoms with van der Waals surface area (Å²) in [6.45, 7) is 6.10. The highest BCUT2D eigenvalue weighted by Gasteiger charge is 2.39. The van der Waals surface area contributed by atoms with Gasteiger partial charge >= 0.3 is 6.18 Å². The van der Waals surface area contributed by atoms with Gasteiger partial charge in [0.15, 0.2) is 5.69 Å². The third-order valence-corrected chi connectivity index (χ3v) is 6.12. The van der Waals surface area contributed by atoms with E-state index in [4.69, 9.17) is 0 Å². The van der Waals surface area contributed by atoms with Crippen LogP contribution in [0.1, 0.15) is 49.2 Å². The first-order valence-corrected chi connectivity index (χ1v) is 10.4. The summed E-state index contributed by atoms with van der Waals surface area (Å²) < 4.78 is 40.1. The second kappa shape index (κ2) is 8.87. The molecule has 9 heteroatoms. The number of carbonyl (C=O) groups is 1. The van der Waals surface area contributed by atoms with Gasteiger partial charge in [0.25, 0.3) is 0 Å². The van der Waals surface area contributed by atoms with Crippen molar-refractivity contribution in [3.63, 3.8) is 0 Å². The van der Waals surface area contributed by atoms with E-state index in [2.05, 4.69) is 31.2 Å². The molecule has 1 saturated heterocycles. The molecule has 1 amide bonds. The van der Waals surface area contributed by atoms with Gasteiger partial charge in [-0.1, -0.05) is 18.6 Å². The van der Waals surface area contributed by atoms with Gasteiger partial charge in [-0.2, -0.15) is 18.3 Å². The number of piperidine rings is 1. The van der Waals surface area contributed by atoms with Crippen LogP contribution in [0.2, 0.25) is 0 Å². The van der Waals surface area contributed by atoms with Crippen molar-refractivity contribution in [1.82, 2.24) is 14.7 Å². The minimum atomic E-state index is -4.59. The van der Waals surface area contributed by atoms with Gasteiger partial charge in [0.05, 0.1) is 10.2 Å². The van der Waals surface area contributed by atoms with Gasteiger partial charge in [-0.15, -0.1) is 0 Å². The summed E-state index contributed by atoms with van der Waals surface area (Å²) in [5, 5.41) is 6.36. The molecule has 1 N–H and O–H groups in total. The lowest BCUT2D eigenvalue weighted by Gasteiger charge is -2.26. The van der Waals surface area contributed by atoms with E-state index in [1.54, 1.807) is 0 Å². The molecule has 5 nitrogen and oxygen atoms in total. The highest BCUT2D eigenvalue weighted by molar-refractivity contribution is 9.10. The third kappa shape index (κ3) is 5.19. The average Bonchev–Trinajstić information content (AvgIpc) is 2.99. The Balaban J connectivity index is 1.65. The third-order valence-electron chi connectivity index (χ3n) is 5.17. The van der Waals surface area contributed by atoms with E-state index >= 15 is 0 Å². The lowest BCUT2D eigenvalue weighted by molar-refractivity contribution is -0.142. The second-order valence-corrected chi connectivity index (χ2v) is 8.18. The van der Waals surface area contributed by atoms with Crippen LogP contribution in [0.4, 0.5) is 18.9 Å². The zero-order valence-corrected chi connectivity index (χ0v) is 18.0. The molecular formula is C20H24BrF3N4O. The molecule has 2 aromatic rings. The molecule has 1 atom stereocenters. The van der Waals surface area contributed by atoms with Crippen LogP contribution in [0.3, 0.4) is 0 Å². The van der Waals surface area contributed by atoms with E-state index in [1.807, 2.05) is 24.3 Å². The zero-order chi connectivity index (χ0) is 21.2. The highest BCUT2D eigenvalue weighted by atomic mass is 79.9. The molecule has 0 radical (unpaired) electrons. The summed E-state index contributed by atoms with van der Waals surface area (Å²) in [5.74, 6) is -0.430. The molecule has 1 aliphatic rings. The minimum Gasteiger partial charge on any atom is -0.324 e. The monoisotopic (exact) mass is 472 g/mol. The second-order valence-electron chi connectivity index (χ2n) is 7.39. The molecule has 1 aliphatic heterocycles. The Morgan fingerprint density at radius 1 is 1.21 bits per heavy atom. The van der Waals surface area contributed by atoms with Crippen LogP contribution < -0.4 is 5.32 Å². The normalized spacial score (nSPS) is 16.6. The molecule has 29 heavy (non-hydrogen) atoms. The molecule has 0 bridgehead atoms. The van der Waals surface area contributed by atoms with Gasteiger partial charge in [-0.25, -0.2) is 0 Å². The van der Waals surface area contributed by atoms with Crippen molar-refractivity contribution in [3.05, 3.63) is 45.7 Å². The number of nitrogens with zero attached hydrogens (tertiary/aromatic N) is 3. The predicted molar refractivity (Wildman–Crippen MR) is 109 cm³/mol. The van der Waals surface area contributed by atoms with E-state index < -0.39 is 23.8 Å². The Bertz CT molecular complexity index is 858. The number of alkyl halides is 3. The first-order valence-electron chi connectivity index (χ1n) is 9.61. The van der Waals surface area contributed by atoms with Crippen molar-refractivity contribution in [2.24, 2.45) is 0 Å². The molecular weight excluding hydrogens is 449 g/mol. The Morgan fingerprint density at radius 2 is 1.83 bits per heavy atom. The fraction of sp³-hybridized carbons (Fsp3) is 0.500. The Hall–Kier alpha value is -1.87. The van der Waals surface area contributed by atoms with Gasteiger partial charge in [0, 0.05) is 12.2 Å². The maximum Gasteiger partial charge on any atom is 0.436 e. The summed E-state index contributed by atoms with van der Waals surface area (Å²) in [6.07, 6.45) is -0.846. The lowest BCUT2D eigenvalue weighted by atomic mass is 10.1. The Kier molecular flexibility index (Phi) is 6.68. The number of nitrogens with one attached hydrogen (secondary N) is 1. The van der Waals surface area contributed by atoms with E-state index in [0.29, 0.717) is 5.69 Å². The summed E-state index contributed by atoms with van der Waals surface area (Å²) in [4.78, 5) is 15.0. The fourth-order valence-corrected chi connectivity index (χ4v) is 3.97. The molecule has 158 valence electrons. The molecule has 2 heterocycles. The van der Waals surface area contributed by atoms with Crippen LogP contribution >= 0.6 is 15.9 Å². The van der Waals surface area contributed by atoms with Gasteiger partial charge in [-0.3, -0.25) is 14.4 Å². The number of benzene rings is 1. The van der Waals surface area contributed by atoms with Gasteiger partial charge in [-0.05, 0) is 73.4 Å². The molecule has 0 saturated carbocycles. The maximum absolute atomic E-state index is 13.0. The van der Waals surface area contributed by atoms with Crippen LogP contribution in [0.25, 0.3) is 0 Å². The number of likely N-dealkylation sites (tertiary alicyclic amines) is 1. The number of carbonyl (C=O) groups excluding carboxylic acids is 1. The summed E-state index contributed by atoms with van der Waals surface area (Å²) >= 11 is 2.93. The summed E-state index contributed by atoms with van der Waals surface area (Å²) in [7, 11) is 0. The topological polar surface area (TPSA) is 50.2 Å². The van der Waals surface area contributed by atoms with Gasteiger partial charge < -0.3 is 5.32 Å². The number of aromatic nitrogens is 2. The van der Waals surface area contributed by atoms with Crippen LogP contribution in [-0.2, 0) is 17.5 Å². The fourth-order valence-electron chi connectivity index (χ4n) is 3.48. The van der Waals surface area contributed by atoms with Crippen LogP contribution in [-0.4, -0.2) is 33.7 Å². The van der Waals surface area contributed by atoms with Gasteiger partial charge in [0.1, 0.15) is 6.04 Å². The lowest BCUT2D eigenvalue weighted by Crippen LogP contribution is -2.29. The van der Waals surface area contributed by atoms with Crippen molar-refractivity contribution in [3.8, 4) is 0 Å². The molecule has 1 fully saturated rings. The standard InChI is InChI=1S/C20H24BrF3N4O/c1-13-17(21)18(20(22,23)24)26-28(13)14(2)19(29)25-16-8-6-15(7-9-16)12-27-10-4-3-5-11-27/h6-9,14H,3-5,10-12H2,1-2H3,(H,25,29).